The third-order valence-corrected chi connectivity index (χ3v) is 3.20. The first-order chi connectivity index (χ1) is 7.65. The molecule has 17 heavy (non-hydrogen) atoms. The van der Waals surface area contributed by atoms with Gasteiger partial charge in [0.05, 0.1) is 13.2 Å². The molecule has 0 saturated carbocycles. The summed E-state index contributed by atoms with van der Waals surface area (Å²) >= 11 is 0. The van der Waals surface area contributed by atoms with Gasteiger partial charge < -0.3 is 9.47 Å². The zero-order valence-corrected chi connectivity index (χ0v) is 11.1. The van der Waals surface area contributed by atoms with Crippen LogP contribution in [0.15, 0.2) is 0 Å². The molecule has 0 bridgehead atoms. The molecule has 0 aliphatic carbocycles. The molecule has 1 amide bonds. The van der Waals surface area contributed by atoms with Crippen molar-refractivity contribution in [1.29, 1.82) is 0 Å². The Morgan fingerprint density at radius 2 is 2.06 bits per heavy atom. The van der Waals surface area contributed by atoms with Crippen LogP contribution in [0.1, 0.15) is 20.8 Å². The zero-order chi connectivity index (χ0) is 13.3. The van der Waals surface area contributed by atoms with Crippen molar-refractivity contribution < 1.29 is 26.9 Å². The predicted octanol–water partition coefficient (Wildman–Crippen LogP) is 0.514. The fourth-order valence-electron chi connectivity index (χ4n) is 1.28. The maximum Gasteiger partial charge on any atom is 0.425 e. The van der Waals surface area contributed by atoms with E-state index >= 15 is 0 Å². The lowest BCUT2D eigenvalue weighted by Crippen LogP contribution is -2.38. The molecule has 0 spiro atoms. The van der Waals surface area contributed by atoms with E-state index in [1.54, 1.807) is 20.8 Å². The Hall–Kier alpha value is -0.860. The van der Waals surface area contributed by atoms with Gasteiger partial charge >= 0.3 is 16.4 Å². The maximum atomic E-state index is 11.6. The second kappa shape index (κ2) is 4.79. The average Bonchev–Trinajstić information content (AvgIpc) is 2.38. The van der Waals surface area contributed by atoms with Crippen LogP contribution in [0.2, 0.25) is 0 Å². The van der Waals surface area contributed by atoms with Crippen LogP contribution in [0, 0.1) is 0 Å². The van der Waals surface area contributed by atoms with Crippen LogP contribution in [-0.4, -0.2) is 50.8 Å². The molecule has 1 aliphatic heterocycles. The lowest BCUT2D eigenvalue weighted by molar-refractivity contribution is 0.0382. The lowest BCUT2D eigenvalue weighted by Gasteiger charge is -2.22. The van der Waals surface area contributed by atoms with Crippen molar-refractivity contribution in [3.8, 4) is 0 Å². The summed E-state index contributed by atoms with van der Waals surface area (Å²) in [6.07, 6.45) is -1.62. The Kier molecular flexibility index (Phi) is 4.00. The van der Waals surface area contributed by atoms with Crippen molar-refractivity contribution in [1.82, 2.24) is 4.31 Å². The molecule has 100 valence electrons. The summed E-state index contributed by atoms with van der Waals surface area (Å²) in [5, 5.41) is 0. The molecule has 0 aromatic carbocycles. The van der Waals surface area contributed by atoms with E-state index in [0.717, 1.165) is 0 Å². The van der Waals surface area contributed by atoms with E-state index in [9.17, 15) is 13.2 Å². The number of hydrogen-bond acceptors (Lipinski definition) is 6. The maximum absolute atomic E-state index is 11.6. The Bertz CT molecular complexity index is 385. The molecule has 1 unspecified atom stereocenters. The summed E-state index contributed by atoms with van der Waals surface area (Å²) in [6, 6.07) is 0. The van der Waals surface area contributed by atoms with E-state index < -0.39 is 28.1 Å². The standard InChI is InChI=1S/C9H17NO6S/c1-9(2,3)15-8(11)10-5-7(6-14-4)16-17(10,12)13/h7H,5-6H2,1-4H3. The van der Waals surface area contributed by atoms with Crippen LogP contribution in [0.4, 0.5) is 4.79 Å². The number of nitrogens with zero attached hydrogens (tertiary/aromatic N) is 1. The van der Waals surface area contributed by atoms with Crippen molar-refractivity contribution in [2.75, 3.05) is 20.3 Å². The van der Waals surface area contributed by atoms with Crippen LogP contribution in [0.5, 0.6) is 0 Å². The molecule has 0 aromatic rings. The van der Waals surface area contributed by atoms with Crippen LogP contribution < -0.4 is 0 Å². The van der Waals surface area contributed by atoms with Crippen molar-refractivity contribution in [2.24, 2.45) is 0 Å². The smallest absolute Gasteiger partial charge is 0.425 e. The van der Waals surface area contributed by atoms with Crippen LogP contribution in [0.25, 0.3) is 0 Å². The number of carbonyl (C=O) groups is 1. The molecular formula is C9H17NO6S. The molecule has 0 N–H and O–H groups in total. The van der Waals surface area contributed by atoms with Gasteiger partial charge in [0, 0.05) is 7.11 Å². The molecule has 8 heteroatoms. The number of ether oxygens (including phenoxy) is 2. The lowest BCUT2D eigenvalue weighted by atomic mass is 10.2. The van der Waals surface area contributed by atoms with Gasteiger partial charge in [-0.1, -0.05) is 0 Å². The molecule has 0 radical (unpaired) electrons. The Balaban J connectivity index is 2.74. The quantitative estimate of drug-likeness (QED) is 0.725. The van der Waals surface area contributed by atoms with Gasteiger partial charge in [-0.3, -0.25) is 0 Å². The van der Waals surface area contributed by atoms with Crippen LogP contribution in [0.3, 0.4) is 0 Å². The van der Waals surface area contributed by atoms with Crippen LogP contribution >= 0.6 is 0 Å². The van der Waals surface area contributed by atoms with E-state index in [1.807, 2.05) is 0 Å². The van der Waals surface area contributed by atoms with Crippen molar-refractivity contribution in [2.45, 2.75) is 32.5 Å². The number of rotatable bonds is 2. The molecule has 1 heterocycles. The first kappa shape index (κ1) is 14.2. The molecular weight excluding hydrogens is 250 g/mol. The highest BCUT2D eigenvalue weighted by atomic mass is 32.2. The minimum absolute atomic E-state index is 0.0922. The normalized spacial score (nSPS) is 23.8. The summed E-state index contributed by atoms with van der Waals surface area (Å²) in [7, 11) is -2.63. The fraction of sp³-hybridized carbons (Fsp3) is 0.889. The van der Waals surface area contributed by atoms with Gasteiger partial charge in [0.2, 0.25) is 0 Å². The third-order valence-electron chi connectivity index (χ3n) is 1.85. The predicted molar refractivity (Wildman–Crippen MR) is 58.6 cm³/mol. The first-order valence-corrected chi connectivity index (χ1v) is 6.45. The van der Waals surface area contributed by atoms with Crippen molar-refractivity contribution >= 4 is 16.4 Å². The summed E-state index contributed by atoms with van der Waals surface area (Å²) in [6.45, 7) is 4.97. The molecule has 1 fully saturated rings. The minimum Gasteiger partial charge on any atom is -0.443 e. The van der Waals surface area contributed by atoms with E-state index in [-0.39, 0.29) is 13.2 Å². The molecule has 1 saturated heterocycles. The van der Waals surface area contributed by atoms with Gasteiger partial charge in [0.1, 0.15) is 11.7 Å². The number of amides is 1. The average molecular weight is 267 g/mol. The second-order valence-electron chi connectivity index (χ2n) is 4.64. The highest BCUT2D eigenvalue weighted by Crippen LogP contribution is 2.21. The van der Waals surface area contributed by atoms with Gasteiger partial charge in [-0.05, 0) is 20.8 Å². The van der Waals surface area contributed by atoms with Crippen molar-refractivity contribution in [3.05, 3.63) is 0 Å². The summed E-state index contributed by atoms with van der Waals surface area (Å²) in [5.74, 6) is 0. The van der Waals surface area contributed by atoms with Gasteiger partial charge in [-0.25, -0.2) is 8.98 Å². The van der Waals surface area contributed by atoms with E-state index in [0.29, 0.717) is 4.31 Å². The molecule has 1 aliphatic rings. The SMILES string of the molecule is COCC1CN(C(=O)OC(C)(C)C)S(=O)(=O)O1. The number of carbonyl (C=O) groups excluding carboxylic acids is 1. The minimum atomic E-state index is -4.05. The third kappa shape index (κ3) is 3.83. The fourth-order valence-corrected chi connectivity index (χ4v) is 2.41. The topological polar surface area (TPSA) is 82.1 Å². The van der Waals surface area contributed by atoms with E-state index in [2.05, 4.69) is 0 Å². The van der Waals surface area contributed by atoms with E-state index in [1.165, 1.54) is 7.11 Å². The van der Waals surface area contributed by atoms with Crippen molar-refractivity contribution in [3.63, 3.8) is 0 Å². The van der Waals surface area contributed by atoms with Gasteiger partial charge in [-0.15, -0.1) is 0 Å². The molecule has 1 atom stereocenters. The van der Waals surface area contributed by atoms with Gasteiger partial charge in [-0.2, -0.15) is 12.7 Å². The van der Waals surface area contributed by atoms with E-state index in [4.69, 9.17) is 13.7 Å². The second-order valence-corrected chi connectivity index (χ2v) is 6.13. The summed E-state index contributed by atoms with van der Waals surface area (Å²) in [4.78, 5) is 11.6. The molecule has 7 nitrogen and oxygen atoms in total. The summed E-state index contributed by atoms with van der Waals surface area (Å²) < 4.78 is 38.1. The van der Waals surface area contributed by atoms with Gasteiger partial charge in [0.15, 0.2) is 0 Å². The molecule has 1 rings (SSSR count). The Morgan fingerprint density at radius 3 is 2.53 bits per heavy atom. The first-order valence-electron chi connectivity index (χ1n) is 5.08. The Labute approximate surface area is 101 Å². The number of hydrogen-bond donors (Lipinski definition) is 0. The monoisotopic (exact) mass is 267 g/mol. The largest absolute Gasteiger partial charge is 0.443 e. The summed E-state index contributed by atoms with van der Waals surface area (Å²) in [5.41, 5.74) is -0.758. The van der Waals surface area contributed by atoms with Crippen LogP contribution in [-0.2, 0) is 24.0 Å². The highest BCUT2D eigenvalue weighted by molar-refractivity contribution is 7.85. The molecule has 0 aromatic heterocycles. The van der Waals surface area contributed by atoms with Gasteiger partial charge in [0.25, 0.3) is 0 Å². The zero-order valence-electron chi connectivity index (χ0n) is 10.3. The highest BCUT2D eigenvalue weighted by Gasteiger charge is 2.42. The number of methoxy groups -OCH3 is 1. The Morgan fingerprint density at radius 1 is 1.47 bits per heavy atom.